The van der Waals surface area contributed by atoms with Crippen LogP contribution in [0, 0.1) is 15.9 Å². The van der Waals surface area contributed by atoms with E-state index in [4.69, 9.17) is 5.73 Å². The third-order valence-electron chi connectivity index (χ3n) is 5.04. The fraction of sp³-hybridized carbons (Fsp3) is 0.273. The van der Waals surface area contributed by atoms with Gasteiger partial charge in [0.25, 0.3) is 11.6 Å². The number of carbonyl (C=O) groups excluding carboxylic acids is 1. The second kappa shape index (κ2) is 9.84. The fourth-order valence-electron chi connectivity index (χ4n) is 3.33. The highest BCUT2D eigenvalue weighted by Crippen LogP contribution is 2.27. The molecule has 0 aliphatic carbocycles. The van der Waals surface area contributed by atoms with Crippen molar-refractivity contribution in [2.24, 2.45) is 0 Å². The number of nitrogens with two attached hydrogens (primary N) is 1. The first-order valence-electron chi connectivity index (χ1n) is 9.95. The summed E-state index contributed by atoms with van der Waals surface area (Å²) in [4.78, 5) is 24.2. The molecule has 3 aromatic rings. The largest absolute Gasteiger partial charge is 0.393 e. The number of amides is 1. The lowest BCUT2D eigenvalue weighted by Crippen LogP contribution is -2.28. The van der Waals surface area contributed by atoms with Crippen LogP contribution in [0.5, 0.6) is 0 Å². The molecule has 3 N–H and O–H groups in total. The number of nitro benzene ring substituents is 1. The molecule has 8 nitrogen and oxygen atoms in total. The van der Waals surface area contributed by atoms with Crippen LogP contribution in [-0.2, 0) is 6.42 Å². The number of aromatic nitrogens is 2. The van der Waals surface area contributed by atoms with Gasteiger partial charge in [-0.15, -0.1) is 0 Å². The van der Waals surface area contributed by atoms with Crippen LogP contribution in [0.2, 0.25) is 0 Å². The Hall–Kier alpha value is -3.75. The first-order valence-corrected chi connectivity index (χ1v) is 9.95. The number of nitrogens with one attached hydrogen (secondary N) is 1. The molecule has 0 spiro atoms. The number of aromatic amines is 1. The summed E-state index contributed by atoms with van der Waals surface area (Å²) in [5.41, 5.74) is 7.60. The van der Waals surface area contributed by atoms with Crippen molar-refractivity contribution in [2.45, 2.75) is 25.7 Å². The Morgan fingerprint density at radius 1 is 1.19 bits per heavy atom. The van der Waals surface area contributed by atoms with E-state index < -0.39 is 22.3 Å². The summed E-state index contributed by atoms with van der Waals surface area (Å²) in [7, 11) is 1.57. The standard InChI is InChI=1S/C22H24FN5O3/c1-27(22(29)18-12-16(23)13-20(21(18)24)28(30)31)11-7-3-6-10-17-14-19(26-25-17)15-8-4-2-5-9-15/h2,4-5,8-9,12-14H,3,6-7,10-11,24H2,1H3,(H,25,26). The van der Waals surface area contributed by atoms with Crippen molar-refractivity contribution in [3.63, 3.8) is 0 Å². The number of hydrogen-bond acceptors (Lipinski definition) is 5. The zero-order chi connectivity index (χ0) is 22.4. The normalized spacial score (nSPS) is 10.8. The van der Waals surface area contributed by atoms with Gasteiger partial charge in [0.15, 0.2) is 0 Å². The van der Waals surface area contributed by atoms with E-state index in [1.165, 1.54) is 4.90 Å². The zero-order valence-electron chi connectivity index (χ0n) is 17.2. The van der Waals surface area contributed by atoms with Gasteiger partial charge < -0.3 is 10.6 Å². The number of aryl methyl sites for hydroxylation is 1. The Labute approximate surface area is 179 Å². The van der Waals surface area contributed by atoms with Gasteiger partial charge in [0.2, 0.25) is 0 Å². The van der Waals surface area contributed by atoms with Gasteiger partial charge in [0, 0.05) is 24.8 Å². The van der Waals surface area contributed by atoms with Gasteiger partial charge in [-0.2, -0.15) is 5.10 Å². The lowest BCUT2D eigenvalue weighted by molar-refractivity contribution is -0.384. The van der Waals surface area contributed by atoms with Gasteiger partial charge in [-0.1, -0.05) is 36.8 Å². The maximum absolute atomic E-state index is 13.7. The van der Waals surface area contributed by atoms with Crippen LogP contribution < -0.4 is 5.73 Å². The summed E-state index contributed by atoms with van der Waals surface area (Å²) in [5, 5.41) is 18.4. The van der Waals surface area contributed by atoms with Crippen molar-refractivity contribution in [1.29, 1.82) is 0 Å². The number of anilines is 1. The van der Waals surface area contributed by atoms with Crippen LogP contribution in [0.4, 0.5) is 15.8 Å². The van der Waals surface area contributed by atoms with Crippen LogP contribution in [0.25, 0.3) is 11.3 Å². The molecule has 1 amide bonds. The molecule has 0 fully saturated rings. The topological polar surface area (TPSA) is 118 Å². The number of halogens is 1. The molecular formula is C22H24FN5O3. The highest BCUT2D eigenvalue weighted by atomic mass is 19.1. The number of nitro groups is 1. The SMILES string of the molecule is CN(CCCCCc1cc(-c2ccccc2)n[nH]1)C(=O)c1cc(F)cc([N+](=O)[O-])c1N. The lowest BCUT2D eigenvalue weighted by Gasteiger charge is -2.18. The molecule has 2 aromatic carbocycles. The van der Waals surface area contributed by atoms with Gasteiger partial charge in [-0.3, -0.25) is 20.0 Å². The molecule has 9 heteroatoms. The quantitative estimate of drug-likeness (QED) is 0.231. The average Bonchev–Trinajstić information content (AvgIpc) is 3.23. The minimum absolute atomic E-state index is 0.194. The van der Waals surface area contributed by atoms with Crippen molar-refractivity contribution < 1.29 is 14.1 Å². The number of benzene rings is 2. The Morgan fingerprint density at radius 3 is 2.65 bits per heavy atom. The third kappa shape index (κ3) is 5.44. The number of carbonyl (C=O) groups is 1. The molecular weight excluding hydrogens is 401 g/mol. The molecule has 0 bridgehead atoms. The Morgan fingerprint density at radius 2 is 1.94 bits per heavy atom. The molecule has 1 heterocycles. The zero-order valence-corrected chi connectivity index (χ0v) is 17.2. The minimum atomic E-state index is -0.868. The van der Waals surface area contributed by atoms with E-state index in [2.05, 4.69) is 10.2 Å². The highest BCUT2D eigenvalue weighted by Gasteiger charge is 2.23. The summed E-state index contributed by atoms with van der Waals surface area (Å²) in [6, 6.07) is 13.6. The van der Waals surface area contributed by atoms with Crippen molar-refractivity contribution in [2.75, 3.05) is 19.3 Å². The van der Waals surface area contributed by atoms with Crippen molar-refractivity contribution in [3.8, 4) is 11.3 Å². The van der Waals surface area contributed by atoms with Gasteiger partial charge in [-0.25, -0.2) is 4.39 Å². The molecule has 3 rings (SSSR count). The summed E-state index contributed by atoms with van der Waals surface area (Å²) in [6.07, 6.45) is 3.35. The summed E-state index contributed by atoms with van der Waals surface area (Å²) in [6.45, 7) is 0.431. The molecule has 0 atom stereocenters. The van der Waals surface area contributed by atoms with E-state index in [1.807, 2.05) is 36.4 Å². The van der Waals surface area contributed by atoms with Crippen LogP contribution >= 0.6 is 0 Å². The van der Waals surface area contributed by atoms with E-state index in [1.54, 1.807) is 7.05 Å². The molecule has 0 saturated heterocycles. The number of rotatable bonds is 9. The molecule has 1 aromatic heterocycles. The van der Waals surface area contributed by atoms with E-state index in [0.29, 0.717) is 12.6 Å². The Kier molecular flexibility index (Phi) is 6.96. The number of H-pyrrole nitrogens is 1. The second-order valence-electron chi connectivity index (χ2n) is 7.33. The Balaban J connectivity index is 1.48. The lowest BCUT2D eigenvalue weighted by atomic mass is 10.1. The summed E-state index contributed by atoms with van der Waals surface area (Å²) < 4.78 is 13.7. The molecule has 0 unspecified atom stereocenters. The molecule has 0 aliphatic heterocycles. The van der Waals surface area contributed by atoms with Crippen LogP contribution in [-0.4, -0.2) is 39.5 Å². The predicted octanol–water partition coefficient (Wildman–Crippen LogP) is 4.19. The maximum Gasteiger partial charge on any atom is 0.295 e. The van der Waals surface area contributed by atoms with E-state index in [0.717, 1.165) is 48.7 Å². The van der Waals surface area contributed by atoms with E-state index in [9.17, 15) is 19.3 Å². The molecule has 0 saturated carbocycles. The molecule has 162 valence electrons. The number of nitrogen functional groups attached to an aromatic ring is 1. The average molecular weight is 425 g/mol. The Bertz CT molecular complexity index is 1070. The van der Waals surface area contributed by atoms with E-state index >= 15 is 0 Å². The fourth-order valence-corrected chi connectivity index (χ4v) is 3.33. The van der Waals surface area contributed by atoms with Gasteiger partial charge in [0.1, 0.15) is 11.5 Å². The van der Waals surface area contributed by atoms with Crippen LogP contribution in [0.15, 0.2) is 48.5 Å². The monoisotopic (exact) mass is 425 g/mol. The van der Waals surface area contributed by atoms with E-state index in [-0.39, 0.29) is 11.3 Å². The molecule has 31 heavy (non-hydrogen) atoms. The first kappa shape index (κ1) is 21.9. The predicted molar refractivity (Wildman–Crippen MR) is 116 cm³/mol. The minimum Gasteiger partial charge on any atom is -0.393 e. The van der Waals surface area contributed by atoms with Crippen molar-refractivity contribution in [1.82, 2.24) is 15.1 Å². The first-order chi connectivity index (χ1) is 14.9. The van der Waals surface area contributed by atoms with Crippen molar-refractivity contribution >= 4 is 17.3 Å². The molecule has 0 radical (unpaired) electrons. The third-order valence-corrected chi connectivity index (χ3v) is 5.04. The summed E-state index contributed by atoms with van der Waals surface area (Å²) >= 11 is 0. The smallest absolute Gasteiger partial charge is 0.295 e. The second-order valence-corrected chi connectivity index (χ2v) is 7.33. The number of nitrogens with zero attached hydrogens (tertiary/aromatic N) is 3. The highest BCUT2D eigenvalue weighted by molar-refractivity contribution is 6.00. The number of unbranched alkanes of at least 4 members (excludes halogenated alkanes) is 2. The molecule has 0 aliphatic rings. The maximum atomic E-state index is 13.7. The van der Waals surface area contributed by atoms with Gasteiger partial charge in [-0.05, 0) is 31.4 Å². The summed E-state index contributed by atoms with van der Waals surface area (Å²) in [5.74, 6) is -1.41. The van der Waals surface area contributed by atoms with Crippen LogP contribution in [0.3, 0.4) is 0 Å². The van der Waals surface area contributed by atoms with Gasteiger partial charge >= 0.3 is 0 Å². The van der Waals surface area contributed by atoms with Crippen molar-refractivity contribution in [3.05, 3.63) is 75.7 Å². The number of hydrogen-bond donors (Lipinski definition) is 2. The van der Waals surface area contributed by atoms with Gasteiger partial charge in [0.05, 0.1) is 22.2 Å². The van der Waals surface area contributed by atoms with Crippen LogP contribution in [0.1, 0.15) is 35.3 Å².